The maximum Gasteiger partial charge on any atom is 0.172 e. The average Bonchev–Trinajstić information content (AvgIpc) is 2.99. The summed E-state index contributed by atoms with van der Waals surface area (Å²) in [4.78, 5) is 12.5. The maximum atomic E-state index is 12.5. The summed E-state index contributed by atoms with van der Waals surface area (Å²) in [6.07, 6.45) is 0.299. The molecule has 0 bridgehead atoms. The van der Waals surface area contributed by atoms with Crippen LogP contribution in [0, 0.1) is 13.8 Å². The highest BCUT2D eigenvalue weighted by Crippen LogP contribution is 2.21. The van der Waals surface area contributed by atoms with Crippen molar-refractivity contribution in [3.05, 3.63) is 53.1 Å². The topological polar surface area (TPSA) is 48.0 Å². The smallest absolute Gasteiger partial charge is 0.172 e. The molecule has 3 rings (SSSR count). The number of rotatable bonds is 4. The second-order valence-corrected chi connectivity index (χ2v) is 5.21. The second-order valence-electron chi connectivity index (χ2n) is 5.21. The summed E-state index contributed by atoms with van der Waals surface area (Å²) in [6, 6.07) is 9.82. The number of ketones is 1. The lowest BCUT2D eigenvalue weighted by Crippen LogP contribution is -2.05. The second kappa shape index (κ2) is 5.20. The Hall–Kier alpha value is -2.36. The van der Waals surface area contributed by atoms with Crippen LogP contribution in [0.2, 0.25) is 0 Å². The number of carbonyl (C=O) groups is 1. The van der Waals surface area contributed by atoms with E-state index in [1.54, 1.807) is 6.07 Å². The van der Waals surface area contributed by atoms with Gasteiger partial charge in [-0.05, 0) is 32.9 Å². The van der Waals surface area contributed by atoms with Crippen molar-refractivity contribution in [2.75, 3.05) is 0 Å². The number of furan rings is 1. The summed E-state index contributed by atoms with van der Waals surface area (Å²) in [7, 11) is 0. The first-order valence-electron chi connectivity index (χ1n) is 7.14. The SMILES string of the molecule is CCn1nc(CC(=O)c2cc(C)oc2C)c2ccccc21. The molecular formula is C17H18N2O2. The quantitative estimate of drug-likeness (QED) is 0.686. The van der Waals surface area contributed by atoms with Crippen LogP contribution >= 0.6 is 0 Å². The Balaban J connectivity index is 1.98. The van der Waals surface area contributed by atoms with Crippen molar-refractivity contribution in [3.8, 4) is 0 Å². The van der Waals surface area contributed by atoms with Crippen LogP contribution in [0.1, 0.15) is 34.5 Å². The van der Waals surface area contributed by atoms with Gasteiger partial charge in [-0.2, -0.15) is 5.10 Å². The van der Waals surface area contributed by atoms with E-state index in [0.717, 1.165) is 28.9 Å². The van der Waals surface area contributed by atoms with Crippen molar-refractivity contribution in [1.82, 2.24) is 9.78 Å². The number of fused-ring (bicyclic) bond motifs is 1. The van der Waals surface area contributed by atoms with Crippen molar-refractivity contribution in [1.29, 1.82) is 0 Å². The zero-order valence-corrected chi connectivity index (χ0v) is 12.5. The summed E-state index contributed by atoms with van der Waals surface area (Å²) >= 11 is 0. The van der Waals surface area contributed by atoms with Gasteiger partial charge in [-0.15, -0.1) is 0 Å². The number of hydrogen-bond acceptors (Lipinski definition) is 3. The molecule has 0 aliphatic carbocycles. The molecule has 0 aliphatic rings. The van der Waals surface area contributed by atoms with Gasteiger partial charge in [0.1, 0.15) is 11.5 Å². The highest BCUT2D eigenvalue weighted by atomic mass is 16.3. The Morgan fingerprint density at radius 3 is 2.71 bits per heavy atom. The number of carbonyl (C=O) groups excluding carboxylic acids is 1. The molecule has 0 atom stereocenters. The van der Waals surface area contributed by atoms with E-state index in [1.165, 1.54) is 0 Å². The fourth-order valence-corrected chi connectivity index (χ4v) is 2.72. The minimum Gasteiger partial charge on any atom is -0.466 e. The standard InChI is InChI=1S/C17H18N2O2/c1-4-19-16-8-6-5-7-13(16)15(18-19)10-17(20)14-9-11(2)21-12(14)3/h5-9H,4,10H2,1-3H3. The van der Waals surface area contributed by atoms with Gasteiger partial charge in [0.15, 0.2) is 5.78 Å². The van der Waals surface area contributed by atoms with Gasteiger partial charge in [0.2, 0.25) is 0 Å². The van der Waals surface area contributed by atoms with E-state index >= 15 is 0 Å². The number of hydrogen-bond donors (Lipinski definition) is 0. The van der Waals surface area contributed by atoms with Gasteiger partial charge in [-0.25, -0.2) is 0 Å². The molecule has 0 aliphatic heterocycles. The molecule has 0 N–H and O–H groups in total. The average molecular weight is 282 g/mol. The summed E-state index contributed by atoms with van der Waals surface area (Å²) in [6.45, 7) is 6.52. The molecular weight excluding hydrogens is 264 g/mol. The number of aromatic nitrogens is 2. The Morgan fingerprint density at radius 2 is 2.05 bits per heavy atom. The summed E-state index contributed by atoms with van der Waals surface area (Å²) in [5.41, 5.74) is 2.56. The van der Waals surface area contributed by atoms with Crippen LogP contribution in [0.5, 0.6) is 0 Å². The van der Waals surface area contributed by atoms with Crippen LogP contribution in [-0.4, -0.2) is 15.6 Å². The summed E-state index contributed by atoms with van der Waals surface area (Å²) in [5.74, 6) is 1.49. The molecule has 0 spiro atoms. The van der Waals surface area contributed by atoms with E-state index in [0.29, 0.717) is 17.7 Å². The van der Waals surface area contributed by atoms with Crippen molar-refractivity contribution in [2.45, 2.75) is 33.7 Å². The molecule has 0 unspecified atom stereocenters. The molecule has 21 heavy (non-hydrogen) atoms. The van der Waals surface area contributed by atoms with E-state index < -0.39 is 0 Å². The molecule has 108 valence electrons. The fraction of sp³-hybridized carbons (Fsp3) is 0.294. The minimum absolute atomic E-state index is 0.0517. The van der Waals surface area contributed by atoms with Crippen molar-refractivity contribution >= 4 is 16.7 Å². The minimum atomic E-state index is 0.0517. The summed E-state index contributed by atoms with van der Waals surface area (Å²) < 4.78 is 7.38. The largest absolute Gasteiger partial charge is 0.466 e. The lowest BCUT2D eigenvalue weighted by molar-refractivity contribution is 0.0990. The molecule has 0 saturated carbocycles. The van der Waals surface area contributed by atoms with Gasteiger partial charge in [0.25, 0.3) is 0 Å². The first kappa shape index (κ1) is 13.6. The van der Waals surface area contributed by atoms with E-state index in [1.807, 2.05) is 42.8 Å². The monoisotopic (exact) mass is 282 g/mol. The molecule has 4 heteroatoms. The fourth-order valence-electron chi connectivity index (χ4n) is 2.72. The predicted octanol–water partition coefficient (Wildman–Crippen LogP) is 3.69. The highest BCUT2D eigenvalue weighted by molar-refractivity contribution is 6.00. The van der Waals surface area contributed by atoms with Gasteiger partial charge in [0, 0.05) is 11.9 Å². The number of Topliss-reactive ketones (excluding diaryl/α,β-unsaturated/α-hetero) is 1. The van der Waals surface area contributed by atoms with E-state index in [9.17, 15) is 4.79 Å². The number of nitrogens with zero attached hydrogens (tertiary/aromatic N) is 2. The normalized spacial score (nSPS) is 11.2. The molecule has 2 aromatic heterocycles. The van der Waals surface area contributed by atoms with Crippen molar-refractivity contribution in [3.63, 3.8) is 0 Å². The third-order valence-corrected chi connectivity index (χ3v) is 3.70. The predicted molar refractivity (Wildman–Crippen MR) is 81.6 cm³/mol. The first-order valence-corrected chi connectivity index (χ1v) is 7.14. The Bertz CT molecular complexity index is 811. The van der Waals surface area contributed by atoms with Crippen LogP contribution in [0.15, 0.2) is 34.7 Å². The Kier molecular flexibility index (Phi) is 3.37. The maximum absolute atomic E-state index is 12.5. The molecule has 3 aromatic rings. The molecule has 0 saturated heterocycles. The van der Waals surface area contributed by atoms with Gasteiger partial charge < -0.3 is 4.42 Å². The van der Waals surface area contributed by atoms with E-state index in [-0.39, 0.29) is 5.78 Å². The van der Waals surface area contributed by atoms with Crippen LogP contribution < -0.4 is 0 Å². The Morgan fingerprint density at radius 1 is 1.29 bits per heavy atom. The van der Waals surface area contributed by atoms with Gasteiger partial charge in [0.05, 0.1) is 23.2 Å². The molecule has 4 nitrogen and oxygen atoms in total. The molecule has 0 fully saturated rings. The molecule has 0 radical (unpaired) electrons. The molecule has 2 heterocycles. The van der Waals surface area contributed by atoms with Crippen LogP contribution in [0.4, 0.5) is 0 Å². The number of para-hydroxylation sites is 1. The van der Waals surface area contributed by atoms with E-state index in [4.69, 9.17) is 4.42 Å². The first-order chi connectivity index (χ1) is 10.1. The van der Waals surface area contributed by atoms with Crippen LogP contribution in [0.25, 0.3) is 10.9 Å². The number of benzene rings is 1. The van der Waals surface area contributed by atoms with Gasteiger partial charge >= 0.3 is 0 Å². The zero-order chi connectivity index (χ0) is 15.0. The zero-order valence-electron chi connectivity index (χ0n) is 12.5. The Labute approximate surface area is 123 Å². The molecule has 1 aromatic carbocycles. The van der Waals surface area contributed by atoms with Crippen LogP contribution in [0.3, 0.4) is 0 Å². The highest BCUT2D eigenvalue weighted by Gasteiger charge is 2.18. The van der Waals surface area contributed by atoms with E-state index in [2.05, 4.69) is 12.0 Å². The van der Waals surface area contributed by atoms with Crippen LogP contribution in [-0.2, 0) is 13.0 Å². The number of aryl methyl sites for hydroxylation is 3. The third kappa shape index (κ3) is 2.37. The third-order valence-electron chi connectivity index (χ3n) is 3.70. The lowest BCUT2D eigenvalue weighted by Gasteiger charge is -1.97. The lowest BCUT2D eigenvalue weighted by atomic mass is 10.1. The van der Waals surface area contributed by atoms with Gasteiger partial charge in [-0.1, -0.05) is 18.2 Å². The van der Waals surface area contributed by atoms with Gasteiger partial charge in [-0.3, -0.25) is 9.48 Å². The van der Waals surface area contributed by atoms with Crippen molar-refractivity contribution < 1.29 is 9.21 Å². The molecule has 0 amide bonds. The van der Waals surface area contributed by atoms with Crippen molar-refractivity contribution in [2.24, 2.45) is 0 Å². The summed E-state index contributed by atoms with van der Waals surface area (Å²) in [5, 5.41) is 5.62.